The number of pyridine rings is 1. The Labute approximate surface area is 125 Å². The molecule has 3 rings (SSSR count). The molecule has 0 atom stereocenters. The van der Waals surface area contributed by atoms with Crippen molar-refractivity contribution in [2.45, 2.75) is 32.4 Å². The highest BCUT2D eigenvalue weighted by Crippen LogP contribution is 2.29. The second-order valence-electron chi connectivity index (χ2n) is 5.50. The van der Waals surface area contributed by atoms with Gasteiger partial charge in [-0.2, -0.15) is 0 Å². The van der Waals surface area contributed by atoms with E-state index in [1.807, 2.05) is 6.07 Å². The molecule has 2 aromatic rings. The number of nitrogens with two attached hydrogens (primary N) is 1. The minimum absolute atomic E-state index is 0.410. The molecule has 0 aliphatic carbocycles. The van der Waals surface area contributed by atoms with Crippen molar-refractivity contribution in [2.75, 3.05) is 24.6 Å². The van der Waals surface area contributed by atoms with Crippen molar-refractivity contribution < 1.29 is 4.74 Å². The van der Waals surface area contributed by atoms with Crippen LogP contribution < -0.4 is 10.6 Å². The average Bonchev–Trinajstić information content (AvgIpc) is 2.55. The lowest BCUT2D eigenvalue weighted by Crippen LogP contribution is -2.37. The standard InChI is InChI=1S/C17H23N3O/c1-2-21-14-7-9-20(10-8-14)17-11-13(12-18)19-16-6-4-3-5-15(16)17/h3-6,11,14H,2,7-10,12,18H2,1H3. The number of fused-ring (bicyclic) bond motifs is 1. The van der Waals surface area contributed by atoms with E-state index in [1.54, 1.807) is 0 Å². The first-order valence-electron chi connectivity index (χ1n) is 7.77. The van der Waals surface area contributed by atoms with Gasteiger partial charge in [0.2, 0.25) is 0 Å². The lowest BCUT2D eigenvalue weighted by molar-refractivity contribution is 0.0459. The van der Waals surface area contributed by atoms with E-state index in [1.165, 1.54) is 11.1 Å². The number of ether oxygens (including phenoxy) is 1. The molecule has 0 saturated carbocycles. The van der Waals surface area contributed by atoms with Crippen LogP contribution in [0.15, 0.2) is 30.3 Å². The van der Waals surface area contributed by atoms with Gasteiger partial charge in [-0.1, -0.05) is 18.2 Å². The first-order valence-corrected chi connectivity index (χ1v) is 7.77. The molecule has 0 amide bonds. The lowest BCUT2D eigenvalue weighted by atomic mass is 10.0. The molecule has 112 valence electrons. The number of para-hydroxylation sites is 1. The summed E-state index contributed by atoms with van der Waals surface area (Å²) in [7, 11) is 0. The molecule has 4 heteroatoms. The number of piperidine rings is 1. The molecular weight excluding hydrogens is 262 g/mol. The van der Waals surface area contributed by atoms with E-state index in [0.29, 0.717) is 12.6 Å². The topological polar surface area (TPSA) is 51.4 Å². The zero-order valence-corrected chi connectivity index (χ0v) is 12.6. The van der Waals surface area contributed by atoms with Gasteiger partial charge in [0.15, 0.2) is 0 Å². The summed E-state index contributed by atoms with van der Waals surface area (Å²) in [5, 5.41) is 1.21. The maximum atomic E-state index is 5.80. The van der Waals surface area contributed by atoms with E-state index >= 15 is 0 Å². The zero-order chi connectivity index (χ0) is 14.7. The summed E-state index contributed by atoms with van der Waals surface area (Å²) < 4.78 is 5.74. The average molecular weight is 285 g/mol. The minimum atomic E-state index is 0.410. The van der Waals surface area contributed by atoms with Gasteiger partial charge in [0.25, 0.3) is 0 Å². The van der Waals surface area contributed by atoms with Crippen molar-refractivity contribution in [1.82, 2.24) is 4.98 Å². The van der Waals surface area contributed by atoms with Crippen LogP contribution in [0.1, 0.15) is 25.5 Å². The summed E-state index contributed by atoms with van der Waals surface area (Å²) in [6, 6.07) is 10.4. The van der Waals surface area contributed by atoms with Crippen molar-refractivity contribution in [3.63, 3.8) is 0 Å². The van der Waals surface area contributed by atoms with Gasteiger partial charge >= 0.3 is 0 Å². The SMILES string of the molecule is CCOC1CCN(c2cc(CN)nc3ccccc23)CC1. The molecule has 21 heavy (non-hydrogen) atoms. The Balaban J connectivity index is 1.89. The molecule has 0 radical (unpaired) electrons. The van der Waals surface area contributed by atoms with Crippen molar-refractivity contribution in [2.24, 2.45) is 5.73 Å². The van der Waals surface area contributed by atoms with E-state index in [4.69, 9.17) is 10.5 Å². The van der Waals surface area contributed by atoms with Gasteiger partial charge in [0.1, 0.15) is 0 Å². The summed E-state index contributed by atoms with van der Waals surface area (Å²) in [6.07, 6.45) is 2.58. The third-order valence-electron chi connectivity index (χ3n) is 4.14. The Morgan fingerprint density at radius 2 is 2.05 bits per heavy atom. The number of hydrogen-bond acceptors (Lipinski definition) is 4. The number of hydrogen-bond donors (Lipinski definition) is 1. The molecule has 4 nitrogen and oxygen atoms in total. The molecule has 0 unspecified atom stereocenters. The quantitative estimate of drug-likeness (QED) is 0.938. The first kappa shape index (κ1) is 14.3. The predicted molar refractivity (Wildman–Crippen MR) is 86.5 cm³/mol. The number of anilines is 1. The van der Waals surface area contributed by atoms with Crippen LogP contribution in [0, 0.1) is 0 Å². The van der Waals surface area contributed by atoms with Crippen LogP contribution in [0.3, 0.4) is 0 Å². The monoisotopic (exact) mass is 285 g/mol. The van der Waals surface area contributed by atoms with Crippen molar-refractivity contribution in [3.8, 4) is 0 Å². The summed E-state index contributed by atoms with van der Waals surface area (Å²) in [5.41, 5.74) is 9.04. The largest absolute Gasteiger partial charge is 0.378 e. The van der Waals surface area contributed by atoms with Crippen molar-refractivity contribution in [3.05, 3.63) is 36.0 Å². The fourth-order valence-corrected chi connectivity index (χ4v) is 3.08. The van der Waals surface area contributed by atoms with Crippen LogP contribution in [0.2, 0.25) is 0 Å². The molecule has 1 aliphatic heterocycles. The highest BCUT2D eigenvalue weighted by molar-refractivity contribution is 5.92. The normalized spacial score (nSPS) is 16.6. The number of rotatable bonds is 4. The third kappa shape index (κ3) is 3.01. The molecular formula is C17H23N3O. The van der Waals surface area contributed by atoms with Crippen LogP contribution in [0.5, 0.6) is 0 Å². The lowest BCUT2D eigenvalue weighted by Gasteiger charge is -2.34. The van der Waals surface area contributed by atoms with E-state index in [2.05, 4.69) is 41.1 Å². The summed E-state index contributed by atoms with van der Waals surface area (Å²) in [4.78, 5) is 7.06. The first-order chi connectivity index (χ1) is 10.3. The van der Waals surface area contributed by atoms with E-state index in [0.717, 1.165) is 43.7 Å². The molecule has 1 aromatic heterocycles. The molecule has 0 spiro atoms. The Bertz CT molecular complexity index is 606. The fraction of sp³-hybridized carbons (Fsp3) is 0.471. The number of benzene rings is 1. The van der Waals surface area contributed by atoms with Gasteiger partial charge in [0.05, 0.1) is 17.3 Å². The maximum absolute atomic E-state index is 5.80. The maximum Gasteiger partial charge on any atom is 0.0726 e. The van der Waals surface area contributed by atoms with Gasteiger partial charge in [0, 0.05) is 37.3 Å². The van der Waals surface area contributed by atoms with Crippen molar-refractivity contribution >= 4 is 16.6 Å². The molecule has 1 aromatic carbocycles. The Hall–Kier alpha value is -1.65. The van der Waals surface area contributed by atoms with Gasteiger partial charge in [-0.15, -0.1) is 0 Å². The Morgan fingerprint density at radius 3 is 2.76 bits per heavy atom. The van der Waals surface area contributed by atoms with Crippen LogP contribution in [0.4, 0.5) is 5.69 Å². The highest BCUT2D eigenvalue weighted by atomic mass is 16.5. The minimum Gasteiger partial charge on any atom is -0.378 e. The molecule has 0 bridgehead atoms. The molecule has 1 fully saturated rings. The van der Waals surface area contributed by atoms with Crippen LogP contribution in [-0.2, 0) is 11.3 Å². The molecule has 1 saturated heterocycles. The van der Waals surface area contributed by atoms with Crippen LogP contribution in [0.25, 0.3) is 10.9 Å². The zero-order valence-electron chi connectivity index (χ0n) is 12.6. The van der Waals surface area contributed by atoms with E-state index in [-0.39, 0.29) is 0 Å². The second-order valence-corrected chi connectivity index (χ2v) is 5.50. The summed E-state index contributed by atoms with van der Waals surface area (Å²) >= 11 is 0. The van der Waals surface area contributed by atoms with Crippen LogP contribution in [-0.4, -0.2) is 30.8 Å². The van der Waals surface area contributed by atoms with Gasteiger partial charge < -0.3 is 15.4 Å². The molecule has 2 N–H and O–H groups in total. The van der Waals surface area contributed by atoms with Gasteiger partial charge in [-0.3, -0.25) is 4.98 Å². The molecule has 1 aliphatic rings. The van der Waals surface area contributed by atoms with Crippen molar-refractivity contribution in [1.29, 1.82) is 0 Å². The van der Waals surface area contributed by atoms with Gasteiger partial charge in [-0.05, 0) is 31.9 Å². The highest BCUT2D eigenvalue weighted by Gasteiger charge is 2.21. The van der Waals surface area contributed by atoms with Gasteiger partial charge in [-0.25, -0.2) is 0 Å². The summed E-state index contributed by atoms with van der Waals surface area (Å²) in [6.45, 7) is 5.41. The fourth-order valence-electron chi connectivity index (χ4n) is 3.08. The molecule has 2 heterocycles. The van der Waals surface area contributed by atoms with Crippen LogP contribution >= 0.6 is 0 Å². The number of nitrogens with zero attached hydrogens (tertiary/aromatic N) is 2. The van der Waals surface area contributed by atoms with E-state index < -0.39 is 0 Å². The smallest absolute Gasteiger partial charge is 0.0726 e. The number of aromatic nitrogens is 1. The Kier molecular flexibility index (Phi) is 4.36. The summed E-state index contributed by atoms with van der Waals surface area (Å²) in [5.74, 6) is 0. The Morgan fingerprint density at radius 1 is 1.29 bits per heavy atom. The van der Waals surface area contributed by atoms with E-state index in [9.17, 15) is 0 Å². The second kappa shape index (κ2) is 6.41. The third-order valence-corrected chi connectivity index (χ3v) is 4.14. The predicted octanol–water partition coefficient (Wildman–Crippen LogP) is 2.70.